The topological polar surface area (TPSA) is 58.9 Å². The Morgan fingerprint density at radius 1 is 0.750 bits per heavy atom. The van der Waals surface area contributed by atoms with Gasteiger partial charge in [-0.2, -0.15) is 0 Å². The lowest BCUT2D eigenvalue weighted by Crippen LogP contribution is -2.16. The first-order chi connectivity index (χ1) is 9.75. The van der Waals surface area contributed by atoms with Gasteiger partial charge in [0.25, 0.3) is 0 Å². The predicted octanol–water partition coefficient (Wildman–Crippen LogP) is 2.22. The van der Waals surface area contributed by atoms with Gasteiger partial charge in [-0.05, 0) is 23.3 Å². The molecule has 0 fully saturated rings. The largest absolute Gasteiger partial charge is 0.486 e. The fraction of sp³-hybridized carbons (Fsp3) is 0.250. The van der Waals surface area contributed by atoms with Gasteiger partial charge in [-0.25, -0.2) is 0 Å². The van der Waals surface area contributed by atoms with E-state index < -0.39 is 12.2 Å². The molecule has 0 bridgehead atoms. The Morgan fingerprint density at radius 2 is 1.40 bits per heavy atom. The van der Waals surface area contributed by atoms with Gasteiger partial charge in [0.15, 0.2) is 11.5 Å². The highest BCUT2D eigenvalue weighted by Crippen LogP contribution is 2.36. The van der Waals surface area contributed by atoms with Crippen LogP contribution in [0.3, 0.4) is 0 Å². The average Bonchev–Trinajstić information content (AvgIpc) is 2.54. The van der Waals surface area contributed by atoms with Gasteiger partial charge < -0.3 is 19.7 Å². The molecule has 20 heavy (non-hydrogen) atoms. The van der Waals surface area contributed by atoms with Crippen LogP contribution in [0.15, 0.2) is 48.5 Å². The van der Waals surface area contributed by atoms with Gasteiger partial charge in [0.2, 0.25) is 0 Å². The second kappa shape index (κ2) is 5.53. The molecular formula is C16H16O4. The molecule has 1 heterocycles. The van der Waals surface area contributed by atoms with Crippen LogP contribution < -0.4 is 9.47 Å². The minimum Gasteiger partial charge on any atom is -0.486 e. The van der Waals surface area contributed by atoms with Crippen LogP contribution >= 0.6 is 0 Å². The summed E-state index contributed by atoms with van der Waals surface area (Å²) in [5.74, 6) is 1.27. The smallest absolute Gasteiger partial charge is 0.161 e. The normalized spacial score (nSPS) is 16.5. The summed E-state index contributed by atoms with van der Waals surface area (Å²) in [4.78, 5) is 0. The predicted molar refractivity (Wildman–Crippen MR) is 73.8 cm³/mol. The molecule has 0 radical (unpaired) electrons. The molecule has 1 aliphatic heterocycles. The number of benzene rings is 2. The molecule has 3 rings (SSSR count). The van der Waals surface area contributed by atoms with Crippen molar-refractivity contribution < 1.29 is 19.7 Å². The number of ether oxygens (including phenoxy) is 2. The third kappa shape index (κ3) is 2.48. The summed E-state index contributed by atoms with van der Waals surface area (Å²) in [5.41, 5.74) is 1.28. The number of aliphatic hydroxyl groups is 2. The summed E-state index contributed by atoms with van der Waals surface area (Å²) in [5, 5.41) is 20.5. The molecule has 2 N–H and O–H groups in total. The van der Waals surface area contributed by atoms with Crippen molar-refractivity contribution in [3.8, 4) is 11.5 Å². The second-order valence-corrected chi connectivity index (χ2v) is 4.70. The van der Waals surface area contributed by atoms with E-state index in [0.29, 0.717) is 35.8 Å². The summed E-state index contributed by atoms with van der Waals surface area (Å²) in [7, 11) is 0. The number of hydrogen-bond acceptors (Lipinski definition) is 4. The molecule has 2 unspecified atom stereocenters. The van der Waals surface area contributed by atoms with Crippen LogP contribution in [0, 0.1) is 0 Å². The maximum Gasteiger partial charge on any atom is 0.161 e. The third-order valence-corrected chi connectivity index (χ3v) is 3.35. The molecule has 0 spiro atoms. The Bertz CT molecular complexity index is 582. The zero-order chi connectivity index (χ0) is 13.9. The second-order valence-electron chi connectivity index (χ2n) is 4.70. The van der Waals surface area contributed by atoms with Crippen molar-refractivity contribution in [3.63, 3.8) is 0 Å². The Kier molecular flexibility index (Phi) is 3.58. The highest BCUT2D eigenvalue weighted by molar-refractivity contribution is 5.44. The van der Waals surface area contributed by atoms with E-state index in [4.69, 9.17) is 9.47 Å². The van der Waals surface area contributed by atoms with E-state index in [-0.39, 0.29) is 0 Å². The van der Waals surface area contributed by atoms with Crippen LogP contribution in [0.25, 0.3) is 0 Å². The van der Waals surface area contributed by atoms with Gasteiger partial charge in [0.1, 0.15) is 25.4 Å². The lowest BCUT2D eigenvalue weighted by molar-refractivity contribution is 0.0169. The summed E-state index contributed by atoms with van der Waals surface area (Å²) in [6, 6.07) is 14.3. The molecule has 0 saturated carbocycles. The SMILES string of the molecule is OC(c1ccccc1)C(O)c1ccc2c(c1)OCCO2. The van der Waals surface area contributed by atoms with Crippen LogP contribution in [0.2, 0.25) is 0 Å². The fourth-order valence-corrected chi connectivity index (χ4v) is 2.26. The number of hydrogen-bond donors (Lipinski definition) is 2. The van der Waals surface area contributed by atoms with Crippen molar-refractivity contribution in [2.45, 2.75) is 12.2 Å². The average molecular weight is 272 g/mol. The molecule has 0 aromatic heterocycles. The van der Waals surface area contributed by atoms with E-state index in [0.717, 1.165) is 0 Å². The monoisotopic (exact) mass is 272 g/mol. The van der Waals surface area contributed by atoms with Crippen molar-refractivity contribution in [1.82, 2.24) is 0 Å². The first-order valence-electron chi connectivity index (χ1n) is 6.56. The maximum atomic E-state index is 10.3. The molecule has 4 heteroatoms. The Hall–Kier alpha value is -2.04. The van der Waals surface area contributed by atoms with Gasteiger partial charge in [-0.3, -0.25) is 0 Å². The summed E-state index contributed by atoms with van der Waals surface area (Å²) < 4.78 is 10.9. The Morgan fingerprint density at radius 3 is 2.15 bits per heavy atom. The van der Waals surface area contributed by atoms with E-state index in [1.165, 1.54) is 0 Å². The van der Waals surface area contributed by atoms with Crippen LogP contribution in [0.1, 0.15) is 23.3 Å². The molecular weight excluding hydrogens is 256 g/mol. The van der Waals surface area contributed by atoms with E-state index in [1.54, 1.807) is 30.3 Å². The first kappa shape index (κ1) is 13.0. The zero-order valence-electron chi connectivity index (χ0n) is 10.9. The number of fused-ring (bicyclic) bond motifs is 1. The molecule has 4 nitrogen and oxygen atoms in total. The van der Waals surface area contributed by atoms with E-state index in [2.05, 4.69) is 0 Å². The fourth-order valence-electron chi connectivity index (χ4n) is 2.26. The van der Waals surface area contributed by atoms with Crippen LogP contribution in [-0.4, -0.2) is 23.4 Å². The maximum absolute atomic E-state index is 10.3. The molecule has 2 aromatic rings. The zero-order valence-corrected chi connectivity index (χ0v) is 10.9. The van der Waals surface area contributed by atoms with E-state index in [9.17, 15) is 10.2 Å². The molecule has 0 saturated heterocycles. The van der Waals surface area contributed by atoms with Crippen LogP contribution in [0.5, 0.6) is 11.5 Å². The number of aliphatic hydroxyl groups excluding tert-OH is 2. The summed E-state index contributed by atoms with van der Waals surface area (Å²) >= 11 is 0. The molecule has 1 aliphatic rings. The number of rotatable bonds is 3. The van der Waals surface area contributed by atoms with Crippen LogP contribution in [0.4, 0.5) is 0 Å². The third-order valence-electron chi connectivity index (χ3n) is 3.35. The summed E-state index contributed by atoms with van der Waals surface area (Å²) in [6.07, 6.45) is -1.98. The van der Waals surface area contributed by atoms with E-state index in [1.807, 2.05) is 18.2 Å². The van der Waals surface area contributed by atoms with Crippen LogP contribution in [-0.2, 0) is 0 Å². The minimum atomic E-state index is -1.01. The van der Waals surface area contributed by atoms with Gasteiger partial charge in [-0.1, -0.05) is 36.4 Å². The molecule has 0 amide bonds. The van der Waals surface area contributed by atoms with Crippen molar-refractivity contribution >= 4 is 0 Å². The van der Waals surface area contributed by atoms with Crippen molar-refractivity contribution in [2.75, 3.05) is 13.2 Å². The minimum absolute atomic E-state index is 0.494. The molecule has 104 valence electrons. The summed E-state index contributed by atoms with van der Waals surface area (Å²) in [6.45, 7) is 1.02. The van der Waals surface area contributed by atoms with Gasteiger partial charge in [0.05, 0.1) is 0 Å². The lowest BCUT2D eigenvalue weighted by atomic mass is 9.98. The van der Waals surface area contributed by atoms with Crippen molar-refractivity contribution in [1.29, 1.82) is 0 Å². The Labute approximate surface area is 117 Å². The molecule has 0 aliphatic carbocycles. The highest BCUT2D eigenvalue weighted by Gasteiger charge is 2.22. The quantitative estimate of drug-likeness (QED) is 0.899. The van der Waals surface area contributed by atoms with Crippen molar-refractivity contribution in [2.24, 2.45) is 0 Å². The standard InChI is InChI=1S/C16H16O4/c17-15(11-4-2-1-3-5-11)16(18)12-6-7-13-14(10-12)20-9-8-19-13/h1-7,10,15-18H,8-9H2. The highest BCUT2D eigenvalue weighted by atomic mass is 16.6. The molecule has 2 aromatic carbocycles. The lowest BCUT2D eigenvalue weighted by Gasteiger charge is -2.22. The first-order valence-corrected chi connectivity index (χ1v) is 6.56. The van der Waals surface area contributed by atoms with Gasteiger partial charge >= 0.3 is 0 Å². The Balaban J connectivity index is 1.85. The molecule has 2 atom stereocenters. The van der Waals surface area contributed by atoms with Crippen molar-refractivity contribution in [3.05, 3.63) is 59.7 Å². The van der Waals surface area contributed by atoms with Gasteiger partial charge in [0, 0.05) is 0 Å². The van der Waals surface area contributed by atoms with E-state index >= 15 is 0 Å². The van der Waals surface area contributed by atoms with Gasteiger partial charge in [-0.15, -0.1) is 0 Å².